The molecule has 27 heavy (non-hydrogen) atoms. The van der Waals surface area contributed by atoms with E-state index in [2.05, 4.69) is 4.90 Å². The molecule has 1 aliphatic rings. The second-order valence-electron chi connectivity index (χ2n) is 6.43. The van der Waals surface area contributed by atoms with Crippen LogP contribution in [0.25, 0.3) is 10.2 Å². The van der Waals surface area contributed by atoms with Gasteiger partial charge in [0.05, 0.1) is 33.3 Å². The molecular weight excluding hydrogens is 402 g/mol. The molecule has 0 unspecified atom stereocenters. The van der Waals surface area contributed by atoms with Crippen LogP contribution >= 0.6 is 34.3 Å². The number of fused-ring (bicyclic) bond motifs is 1. The third kappa shape index (κ3) is 4.02. The van der Waals surface area contributed by atoms with Crippen molar-refractivity contribution in [3.63, 3.8) is 0 Å². The van der Waals surface area contributed by atoms with E-state index in [-0.39, 0.29) is 5.91 Å². The molecule has 1 fully saturated rings. The molecule has 142 valence electrons. The number of carbonyl (C=O) groups is 1. The Morgan fingerprint density at radius 2 is 2.15 bits per heavy atom. The first-order valence-corrected chi connectivity index (χ1v) is 10.9. The van der Waals surface area contributed by atoms with Crippen molar-refractivity contribution >= 4 is 55.5 Å². The Hall–Kier alpha value is -1.51. The van der Waals surface area contributed by atoms with Crippen LogP contribution in [-0.4, -0.2) is 55.2 Å². The summed E-state index contributed by atoms with van der Waals surface area (Å²) in [5.74, 6) is -0.00825. The molecule has 0 N–H and O–H groups in total. The lowest BCUT2D eigenvalue weighted by atomic mass is 10.2. The Kier molecular flexibility index (Phi) is 5.75. The molecule has 1 aromatic carbocycles. The highest BCUT2D eigenvalue weighted by molar-refractivity contribution is 7.23. The van der Waals surface area contributed by atoms with Crippen LogP contribution in [0.15, 0.2) is 29.6 Å². The fraction of sp³-hybridized carbons (Fsp3) is 0.368. The van der Waals surface area contributed by atoms with Crippen molar-refractivity contribution in [1.29, 1.82) is 0 Å². The molecule has 1 saturated heterocycles. The lowest BCUT2D eigenvalue weighted by molar-refractivity contribution is 0.0391. The van der Waals surface area contributed by atoms with Crippen molar-refractivity contribution in [3.8, 4) is 0 Å². The van der Waals surface area contributed by atoms with E-state index < -0.39 is 0 Å². The second-order valence-corrected chi connectivity index (χ2v) is 8.76. The standard InChI is InChI=1S/C19H20ClN3O2S2/c1-13-4-5-14(20)17-16(13)21-19(27-17)23(18(24)15-3-2-12-26-15)7-6-22-8-10-25-11-9-22/h2-5,12H,6-11H2,1H3. The molecule has 1 aliphatic heterocycles. The minimum Gasteiger partial charge on any atom is -0.379 e. The van der Waals surface area contributed by atoms with Gasteiger partial charge in [0.25, 0.3) is 5.91 Å². The van der Waals surface area contributed by atoms with E-state index in [4.69, 9.17) is 21.3 Å². The maximum Gasteiger partial charge on any atom is 0.270 e. The van der Waals surface area contributed by atoms with E-state index in [0.717, 1.165) is 53.5 Å². The molecule has 3 aromatic rings. The van der Waals surface area contributed by atoms with Crippen molar-refractivity contribution in [2.75, 3.05) is 44.3 Å². The summed E-state index contributed by atoms with van der Waals surface area (Å²) in [5.41, 5.74) is 1.94. The van der Waals surface area contributed by atoms with E-state index >= 15 is 0 Å². The van der Waals surface area contributed by atoms with Gasteiger partial charge in [0, 0.05) is 26.2 Å². The van der Waals surface area contributed by atoms with Gasteiger partial charge in [0.2, 0.25) is 0 Å². The number of carbonyl (C=O) groups excluding carboxylic acids is 1. The highest BCUT2D eigenvalue weighted by Gasteiger charge is 2.24. The fourth-order valence-corrected chi connectivity index (χ4v) is 5.10. The van der Waals surface area contributed by atoms with Crippen LogP contribution < -0.4 is 4.90 Å². The first-order chi connectivity index (χ1) is 13.1. The normalized spacial score (nSPS) is 15.3. The third-order valence-corrected chi connectivity index (χ3v) is 7.03. The number of ether oxygens (including phenoxy) is 1. The molecule has 1 amide bonds. The highest BCUT2D eigenvalue weighted by Crippen LogP contribution is 2.36. The van der Waals surface area contributed by atoms with Crippen LogP contribution in [0.4, 0.5) is 5.13 Å². The van der Waals surface area contributed by atoms with Gasteiger partial charge in [-0.2, -0.15) is 0 Å². The minimum absolute atomic E-state index is 0.00825. The average molecular weight is 422 g/mol. The molecule has 0 saturated carbocycles. The Morgan fingerprint density at radius 1 is 1.33 bits per heavy atom. The van der Waals surface area contributed by atoms with Gasteiger partial charge >= 0.3 is 0 Å². The summed E-state index contributed by atoms with van der Waals surface area (Å²) in [4.78, 5) is 22.8. The molecular formula is C19H20ClN3O2S2. The number of aryl methyl sites for hydroxylation is 1. The zero-order valence-corrected chi connectivity index (χ0v) is 17.4. The molecule has 3 heterocycles. The number of hydrogen-bond acceptors (Lipinski definition) is 6. The number of morpholine rings is 1. The summed E-state index contributed by atoms with van der Waals surface area (Å²) in [6, 6.07) is 7.62. The van der Waals surface area contributed by atoms with E-state index in [1.54, 1.807) is 4.90 Å². The van der Waals surface area contributed by atoms with E-state index in [1.807, 2.05) is 36.6 Å². The van der Waals surface area contributed by atoms with Crippen LogP contribution in [0.3, 0.4) is 0 Å². The summed E-state index contributed by atoms with van der Waals surface area (Å²) in [7, 11) is 0. The quantitative estimate of drug-likeness (QED) is 0.616. The Morgan fingerprint density at radius 3 is 2.85 bits per heavy atom. The van der Waals surface area contributed by atoms with Gasteiger partial charge in [-0.3, -0.25) is 14.6 Å². The van der Waals surface area contributed by atoms with Gasteiger partial charge in [-0.05, 0) is 30.0 Å². The van der Waals surface area contributed by atoms with Crippen molar-refractivity contribution in [2.24, 2.45) is 0 Å². The Labute approximate surface area is 171 Å². The first-order valence-electron chi connectivity index (χ1n) is 8.84. The lowest BCUT2D eigenvalue weighted by Crippen LogP contribution is -2.43. The van der Waals surface area contributed by atoms with Crippen molar-refractivity contribution in [3.05, 3.63) is 45.1 Å². The number of rotatable bonds is 5. The minimum atomic E-state index is -0.00825. The lowest BCUT2D eigenvalue weighted by Gasteiger charge is -2.29. The largest absolute Gasteiger partial charge is 0.379 e. The van der Waals surface area contributed by atoms with Crippen molar-refractivity contribution in [2.45, 2.75) is 6.92 Å². The zero-order valence-electron chi connectivity index (χ0n) is 15.0. The third-order valence-electron chi connectivity index (χ3n) is 4.64. The summed E-state index contributed by atoms with van der Waals surface area (Å²) in [5, 5.41) is 3.30. The number of nitrogens with zero attached hydrogens (tertiary/aromatic N) is 3. The molecule has 5 nitrogen and oxygen atoms in total. The number of thiazole rings is 1. The summed E-state index contributed by atoms with van der Waals surface area (Å²) in [6.45, 7) is 6.68. The predicted molar refractivity (Wildman–Crippen MR) is 113 cm³/mol. The highest BCUT2D eigenvalue weighted by atomic mass is 35.5. The van der Waals surface area contributed by atoms with Gasteiger partial charge in [-0.15, -0.1) is 11.3 Å². The average Bonchev–Trinajstić information content (AvgIpc) is 3.36. The summed E-state index contributed by atoms with van der Waals surface area (Å²) >= 11 is 9.31. The first kappa shape index (κ1) is 18.8. The van der Waals surface area contributed by atoms with Crippen LogP contribution in [-0.2, 0) is 4.74 Å². The molecule has 2 aromatic heterocycles. The topological polar surface area (TPSA) is 45.7 Å². The van der Waals surface area contributed by atoms with Crippen LogP contribution in [0.2, 0.25) is 5.02 Å². The van der Waals surface area contributed by atoms with Gasteiger partial charge in [-0.1, -0.05) is 35.1 Å². The van der Waals surface area contributed by atoms with E-state index in [9.17, 15) is 4.79 Å². The predicted octanol–water partition coefficient (Wildman–Crippen LogP) is 4.30. The molecule has 0 aliphatic carbocycles. The maximum absolute atomic E-state index is 13.2. The number of aromatic nitrogens is 1. The summed E-state index contributed by atoms with van der Waals surface area (Å²) in [6.07, 6.45) is 0. The molecule has 4 rings (SSSR count). The van der Waals surface area contributed by atoms with Gasteiger partial charge in [0.1, 0.15) is 0 Å². The van der Waals surface area contributed by atoms with Crippen LogP contribution in [0.5, 0.6) is 0 Å². The number of hydrogen-bond donors (Lipinski definition) is 0. The number of anilines is 1. The van der Waals surface area contributed by atoms with Crippen LogP contribution in [0.1, 0.15) is 15.2 Å². The second kappa shape index (κ2) is 8.24. The molecule has 0 bridgehead atoms. The molecule has 0 spiro atoms. The van der Waals surface area contributed by atoms with E-state index in [0.29, 0.717) is 16.7 Å². The fourth-order valence-electron chi connectivity index (χ4n) is 3.09. The van der Waals surface area contributed by atoms with Gasteiger partial charge in [0.15, 0.2) is 5.13 Å². The van der Waals surface area contributed by atoms with Crippen molar-refractivity contribution < 1.29 is 9.53 Å². The Balaban J connectivity index is 1.65. The number of amides is 1. The van der Waals surface area contributed by atoms with Crippen molar-refractivity contribution in [1.82, 2.24) is 9.88 Å². The molecule has 0 radical (unpaired) electrons. The van der Waals surface area contributed by atoms with Crippen LogP contribution in [0, 0.1) is 6.92 Å². The van der Waals surface area contributed by atoms with E-state index in [1.165, 1.54) is 22.7 Å². The number of benzene rings is 1. The molecule has 8 heteroatoms. The maximum atomic E-state index is 13.2. The smallest absolute Gasteiger partial charge is 0.270 e. The number of thiophene rings is 1. The SMILES string of the molecule is Cc1ccc(Cl)c2sc(N(CCN3CCOCC3)C(=O)c3cccs3)nc12. The Bertz CT molecular complexity index is 897. The van der Waals surface area contributed by atoms with Gasteiger partial charge in [-0.25, -0.2) is 4.98 Å². The monoisotopic (exact) mass is 421 g/mol. The number of halogens is 1. The van der Waals surface area contributed by atoms with Gasteiger partial charge < -0.3 is 4.74 Å². The summed E-state index contributed by atoms with van der Waals surface area (Å²) < 4.78 is 6.35. The zero-order chi connectivity index (χ0) is 18.8. The molecule has 0 atom stereocenters.